The largest absolute Gasteiger partial charge is 0.391 e. The van der Waals surface area contributed by atoms with Crippen LogP contribution in [0.25, 0.3) is 0 Å². The summed E-state index contributed by atoms with van der Waals surface area (Å²) in [4.78, 5) is 11.0. The van der Waals surface area contributed by atoms with Gasteiger partial charge in [-0.1, -0.05) is 0 Å². The monoisotopic (exact) mass is 316 g/mol. The molecule has 0 aliphatic rings. The van der Waals surface area contributed by atoms with Gasteiger partial charge >= 0.3 is 0 Å². The van der Waals surface area contributed by atoms with Crippen molar-refractivity contribution in [3.63, 3.8) is 0 Å². The number of sulfonamides is 1. The van der Waals surface area contributed by atoms with Gasteiger partial charge in [0.2, 0.25) is 15.9 Å². The van der Waals surface area contributed by atoms with Gasteiger partial charge in [0, 0.05) is 26.3 Å². The van der Waals surface area contributed by atoms with Gasteiger partial charge in [-0.05, 0) is 30.7 Å². The van der Waals surface area contributed by atoms with Crippen LogP contribution in [-0.2, 0) is 19.6 Å². The Morgan fingerprint density at radius 3 is 2.48 bits per heavy atom. The van der Waals surface area contributed by atoms with E-state index in [1.54, 1.807) is 0 Å². The van der Waals surface area contributed by atoms with Crippen LogP contribution in [-0.4, -0.2) is 45.8 Å². The Balaban J connectivity index is 2.59. The number of hydrogen-bond acceptors (Lipinski definition) is 5. The molecular weight excluding hydrogens is 296 g/mol. The molecular formula is C13H20N2O5S. The molecule has 1 rings (SSSR count). The van der Waals surface area contributed by atoms with Gasteiger partial charge in [0.1, 0.15) is 0 Å². The summed E-state index contributed by atoms with van der Waals surface area (Å²) in [6.07, 6.45) is -0.448. The smallest absolute Gasteiger partial charge is 0.240 e. The van der Waals surface area contributed by atoms with Crippen LogP contribution < -0.4 is 10.0 Å². The van der Waals surface area contributed by atoms with Crippen molar-refractivity contribution in [3.8, 4) is 0 Å². The van der Waals surface area contributed by atoms with Crippen molar-refractivity contribution in [1.82, 2.24) is 4.72 Å². The zero-order valence-corrected chi connectivity index (χ0v) is 12.8. The summed E-state index contributed by atoms with van der Waals surface area (Å²) >= 11 is 0. The maximum atomic E-state index is 12.0. The Kier molecular flexibility index (Phi) is 6.76. The first kappa shape index (κ1) is 17.6. The lowest BCUT2D eigenvalue weighted by atomic mass is 10.3. The first-order valence-corrected chi connectivity index (χ1v) is 7.88. The molecule has 1 unspecified atom stereocenters. The zero-order valence-electron chi connectivity index (χ0n) is 12.0. The first-order chi connectivity index (χ1) is 9.85. The minimum absolute atomic E-state index is 0.0952. The van der Waals surface area contributed by atoms with Crippen LogP contribution >= 0.6 is 0 Å². The Bertz CT molecular complexity index is 556. The van der Waals surface area contributed by atoms with Crippen molar-refractivity contribution < 1.29 is 23.1 Å². The van der Waals surface area contributed by atoms with Gasteiger partial charge in [0.25, 0.3) is 0 Å². The number of methoxy groups -OCH3 is 1. The number of carbonyl (C=O) groups excluding carboxylic acids is 1. The van der Waals surface area contributed by atoms with Crippen LogP contribution in [0.1, 0.15) is 13.3 Å². The van der Waals surface area contributed by atoms with Crippen molar-refractivity contribution >= 4 is 21.6 Å². The molecule has 0 radical (unpaired) electrons. The zero-order chi connectivity index (χ0) is 15.9. The SMILES string of the molecule is COCC(O)CCNS(=O)(=O)c1ccc(NC(C)=O)cc1. The van der Waals surface area contributed by atoms with E-state index in [1.165, 1.54) is 38.3 Å². The molecule has 21 heavy (non-hydrogen) atoms. The molecule has 0 bridgehead atoms. The summed E-state index contributed by atoms with van der Waals surface area (Å²) in [7, 11) is -2.17. The van der Waals surface area contributed by atoms with Gasteiger partial charge in [-0.15, -0.1) is 0 Å². The fraction of sp³-hybridized carbons (Fsp3) is 0.462. The van der Waals surface area contributed by atoms with Crippen molar-refractivity contribution in [2.24, 2.45) is 0 Å². The van der Waals surface area contributed by atoms with Gasteiger partial charge in [-0.2, -0.15) is 0 Å². The highest BCUT2D eigenvalue weighted by Gasteiger charge is 2.14. The molecule has 8 heteroatoms. The standard InChI is InChI=1S/C13H20N2O5S/c1-10(16)15-11-3-5-13(6-4-11)21(18,19)14-8-7-12(17)9-20-2/h3-6,12,14,17H,7-9H2,1-2H3,(H,15,16). The Morgan fingerprint density at radius 2 is 1.95 bits per heavy atom. The Labute approximate surface area is 124 Å². The van der Waals surface area contributed by atoms with Crippen molar-refractivity contribution in [2.45, 2.75) is 24.3 Å². The summed E-state index contributed by atoms with van der Waals surface area (Å²) in [5.41, 5.74) is 0.525. The average Bonchev–Trinajstić information content (AvgIpc) is 2.38. The fourth-order valence-corrected chi connectivity index (χ4v) is 2.69. The fourth-order valence-electron chi connectivity index (χ4n) is 1.64. The second-order valence-electron chi connectivity index (χ2n) is 4.50. The predicted molar refractivity (Wildman–Crippen MR) is 78.4 cm³/mol. The van der Waals surface area contributed by atoms with Gasteiger partial charge in [-0.25, -0.2) is 13.1 Å². The lowest BCUT2D eigenvalue weighted by Gasteiger charge is -2.11. The topological polar surface area (TPSA) is 105 Å². The first-order valence-electron chi connectivity index (χ1n) is 6.39. The molecule has 118 valence electrons. The number of rotatable bonds is 8. The van der Waals surface area contributed by atoms with Gasteiger partial charge in [-0.3, -0.25) is 4.79 Å². The number of aliphatic hydroxyl groups is 1. The summed E-state index contributed by atoms with van der Waals surface area (Å²) in [5, 5.41) is 12.0. The molecule has 1 atom stereocenters. The lowest BCUT2D eigenvalue weighted by Crippen LogP contribution is -2.28. The van der Waals surface area contributed by atoms with Crippen molar-refractivity contribution in [2.75, 3.05) is 25.6 Å². The van der Waals surface area contributed by atoms with Crippen LogP contribution in [0, 0.1) is 0 Å². The number of hydrogen-bond donors (Lipinski definition) is 3. The highest BCUT2D eigenvalue weighted by molar-refractivity contribution is 7.89. The molecule has 1 aromatic rings. The van der Waals surface area contributed by atoms with Crippen molar-refractivity contribution in [3.05, 3.63) is 24.3 Å². The molecule has 1 amide bonds. The second-order valence-corrected chi connectivity index (χ2v) is 6.27. The quantitative estimate of drug-likeness (QED) is 0.641. The van der Waals surface area contributed by atoms with Crippen molar-refractivity contribution in [1.29, 1.82) is 0 Å². The maximum absolute atomic E-state index is 12.0. The van der Waals surface area contributed by atoms with Gasteiger partial charge < -0.3 is 15.2 Å². The Hall–Kier alpha value is -1.48. The highest BCUT2D eigenvalue weighted by Crippen LogP contribution is 2.13. The molecule has 0 heterocycles. The van der Waals surface area contributed by atoms with E-state index in [-0.39, 0.29) is 30.4 Å². The second kappa shape index (κ2) is 8.08. The predicted octanol–water partition coefficient (Wildman–Crippen LogP) is 0.321. The molecule has 0 spiro atoms. The van der Waals surface area contributed by atoms with Crippen LogP contribution in [0.15, 0.2) is 29.2 Å². The van der Waals surface area contributed by atoms with E-state index in [0.717, 1.165) is 0 Å². The van der Waals surface area contributed by atoms with Crippen LogP contribution in [0.3, 0.4) is 0 Å². The molecule has 7 nitrogen and oxygen atoms in total. The van der Waals surface area contributed by atoms with E-state index in [9.17, 15) is 18.3 Å². The highest BCUT2D eigenvalue weighted by atomic mass is 32.2. The molecule has 0 aromatic heterocycles. The van der Waals surface area contributed by atoms with Crippen LogP contribution in [0.4, 0.5) is 5.69 Å². The molecule has 0 saturated carbocycles. The third-order valence-corrected chi connectivity index (χ3v) is 4.09. The summed E-state index contributed by atoms with van der Waals surface area (Å²) in [5.74, 6) is -0.226. The summed E-state index contributed by atoms with van der Waals surface area (Å²) in [6.45, 7) is 1.64. The summed E-state index contributed by atoms with van der Waals surface area (Å²) < 4.78 is 31.1. The lowest BCUT2D eigenvalue weighted by molar-refractivity contribution is -0.114. The van der Waals surface area contributed by atoms with E-state index >= 15 is 0 Å². The number of nitrogens with one attached hydrogen (secondary N) is 2. The number of ether oxygens (including phenoxy) is 1. The summed E-state index contributed by atoms with van der Waals surface area (Å²) in [6, 6.07) is 5.82. The van der Waals surface area contributed by atoms with Gasteiger partial charge in [0.15, 0.2) is 0 Å². The van der Waals surface area contributed by atoms with E-state index in [2.05, 4.69) is 10.0 Å². The molecule has 1 aromatic carbocycles. The minimum Gasteiger partial charge on any atom is -0.391 e. The molecule has 3 N–H and O–H groups in total. The molecule has 0 saturated heterocycles. The molecule has 0 fully saturated rings. The van der Waals surface area contributed by atoms with Crippen LogP contribution in [0.2, 0.25) is 0 Å². The normalized spacial score (nSPS) is 12.9. The third kappa shape index (κ3) is 6.21. The third-order valence-electron chi connectivity index (χ3n) is 2.61. The minimum atomic E-state index is -3.63. The van der Waals surface area contributed by atoms with Gasteiger partial charge in [0.05, 0.1) is 17.6 Å². The van der Waals surface area contributed by atoms with E-state index in [4.69, 9.17) is 4.74 Å². The number of benzene rings is 1. The average molecular weight is 316 g/mol. The number of aliphatic hydroxyl groups excluding tert-OH is 1. The number of anilines is 1. The van der Waals surface area contributed by atoms with E-state index in [1.807, 2.05) is 0 Å². The maximum Gasteiger partial charge on any atom is 0.240 e. The molecule has 0 aliphatic heterocycles. The Morgan fingerprint density at radius 1 is 1.33 bits per heavy atom. The van der Waals surface area contributed by atoms with E-state index < -0.39 is 16.1 Å². The van der Waals surface area contributed by atoms with Crippen LogP contribution in [0.5, 0.6) is 0 Å². The van der Waals surface area contributed by atoms with E-state index in [0.29, 0.717) is 5.69 Å². The number of carbonyl (C=O) groups is 1. The number of amides is 1. The molecule has 0 aliphatic carbocycles.